The van der Waals surface area contributed by atoms with Gasteiger partial charge >= 0.3 is 0 Å². The fourth-order valence-corrected chi connectivity index (χ4v) is 3.14. The largest absolute Gasteiger partial charge is 0.368 e. The first kappa shape index (κ1) is 18.7. The van der Waals surface area contributed by atoms with E-state index in [1.54, 1.807) is 11.7 Å². The Bertz CT molecular complexity index is 941. The van der Waals surface area contributed by atoms with E-state index in [4.69, 9.17) is 0 Å². The molecular weight excluding hydrogens is 362 g/mol. The molecule has 0 aliphatic heterocycles. The molecule has 0 radical (unpaired) electrons. The van der Waals surface area contributed by atoms with Crippen molar-refractivity contribution >= 4 is 34.7 Å². The molecule has 0 aliphatic rings. The molecule has 0 aliphatic carbocycles. The summed E-state index contributed by atoms with van der Waals surface area (Å²) in [7, 11) is 0. The first-order valence-corrected chi connectivity index (χ1v) is 9.37. The van der Waals surface area contributed by atoms with Crippen LogP contribution < -0.4 is 16.0 Å². The Morgan fingerprint density at radius 1 is 1.04 bits per heavy atom. The van der Waals surface area contributed by atoms with Crippen molar-refractivity contribution in [2.45, 2.75) is 20.8 Å². The minimum Gasteiger partial charge on any atom is -0.368 e. The van der Waals surface area contributed by atoms with Gasteiger partial charge in [0.2, 0.25) is 0 Å². The molecule has 0 unspecified atom stereocenters. The van der Waals surface area contributed by atoms with Crippen LogP contribution in [0.2, 0.25) is 0 Å². The van der Waals surface area contributed by atoms with Crippen LogP contribution in [0.5, 0.6) is 0 Å². The standard InChI is InChI=1S/C18H21N7OS/c1-11-4-5-19-14(8-11)25-16-9-15(23-13(3)24-16)20-6-7-21-18(26)17-12(2)22-10-27-17/h4-5,8-10H,6-7H2,1-3H3,(H,21,26)(H2,19,20,23,24,25). The lowest BCUT2D eigenvalue weighted by Gasteiger charge is -2.10. The molecule has 0 saturated heterocycles. The van der Waals surface area contributed by atoms with Crippen LogP contribution in [-0.4, -0.2) is 38.9 Å². The van der Waals surface area contributed by atoms with E-state index in [9.17, 15) is 4.79 Å². The van der Waals surface area contributed by atoms with Gasteiger partial charge in [-0.3, -0.25) is 4.79 Å². The molecule has 3 aromatic rings. The number of aryl methyl sites for hydroxylation is 3. The third-order valence-corrected chi connectivity index (χ3v) is 4.61. The van der Waals surface area contributed by atoms with E-state index in [2.05, 4.69) is 35.9 Å². The zero-order valence-electron chi connectivity index (χ0n) is 15.4. The van der Waals surface area contributed by atoms with Gasteiger partial charge in [0.15, 0.2) is 0 Å². The van der Waals surface area contributed by atoms with Crippen molar-refractivity contribution in [1.82, 2.24) is 25.3 Å². The molecule has 140 valence electrons. The first-order chi connectivity index (χ1) is 13.0. The van der Waals surface area contributed by atoms with Crippen molar-refractivity contribution in [2.24, 2.45) is 0 Å². The summed E-state index contributed by atoms with van der Waals surface area (Å²) in [6.45, 7) is 6.68. The van der Waals surface area contributed by atoms with Crippen LogP contribution in [0.1, 0.15) is 26.8 Å². The summed E-state index contributed by atoms with van der Waals surface area (Å²) in [6, 6.07) is 5.69. The summed E-state index contributed by atoms with van der Waals surface area (Å²) in [5, 5.41) is 9.25. The lowest BCUT2D eigenvalue weighted by atomic mass is 10.3. The number of thiazole rings is 1. The summed E-state index contributed by atoms with van der Waals surface area (Å²) in [5.41, 5.74) is 3.53. The number of nitrogens with zero attached hydrogens (tertiary/aromatic N) is 4. The van der Waals surface area contributed by atoms with Gasteiger partial charge in [0.25, 0.3) is 5.91 Å². The number of amides is 1. The summed E-state index contributed by atoms with van der Waals surface area (Å²) in [6.07, 6.45) is 1.75. The van der Waals surface area contributed by atoms with Gasteiger partial charge < -0.3 is 16.0 Å². The highest BCUT2D eigenvalue weighted by Gasteiger charge is 2.10. The van der Waals surface area contributed by atoms with Crippen LogP contribution in [0.25, 0.3) is 0 Å². The molecule has 3 aromatic heterocycles. The lowest BCUT2D eigenvalue weighted by Crippen LogP contribution is -2.28. The maximum Gasteiger partial charge on any atom is 0.263 e. The van der Waals surface area contributed by atoms with Crippen molar-refractivity contribution < 1.29 is 4.79 Å². The fraction of sp³-hybridized carbons (Fsp3) is 0.278. The molecule has 8 nitrogen and oxygen atoms in total. The van der Waals surface area contributed by atoms with E-state index in [0.29, 0.717) is 35.4 Å². The second-order valence-electron chi connectivity index (χ2n) is 5.98. The average Bonchev–Trinajstić information content (AvgIpc) is 3.04. The second-order valence-corrected chi connectivity index (χ2v) is 6.83. The Hall–Kier alpha value is -3.07. The molecule has 3 N–H and O–H groups in total. The number of anilines is 3. The number of aromatic nitrogens is 4. The van der Waals surface area contributed by atoms with E-state index in [0.717, 1.165) is 17.1 Å². The Morgan fingerprint density at radius 2 is 1.85 bits per heavy atom. The fourth-order valence-electron chi connectivity index (χ4n) is 2.42. The highest BCUT2D eigenvalue weighted by molar-refractivity contribution is 7.11. The number of nitrogens with one attached hydrogen (secondary N) is 3. The predicted octanol–water partition coefficient (Wildman–Crippen LogP) is 2.84. The van der Waals surface area contributed by atoms with E-state index in [1.165, 1.54) is 11.3 Å². The number of hydrogen-bond donors (Lipinski definition) is 3. The van der Waals surface area contributed by atoms with Crippen molar-refractivity contribution in [2.75, 3.05) is 23.7 Å². The van der Waals surface area contributed by atoms with Crippen molar-refractivity contribution in [3.8, 4) is 0 Å². The van der Waals surface area contributed by atoms with Gasteiger partial charge in [0.1, 0.15) is 28.2 Å². The van der Waals surface area contributed by atoms with Crippen molar-refractivity contribution in [3.63, 3.8) is 0 Å². The summed E-state index contributed by atoms with van der Waals surface area (Å²) < 4.78 is 0. The van der Waals surface area contributed by atoms with Crippen LogP contribution in [0.3, 0.4) is 0 Å². The van der Waals surface area contributed by atoms with Gasteiger partial charge in [-0.05, 0) is 38.5 Å². The van der Waals surface area contributed by atoms with Gasteiger partial charge in [-0.25, -0.2) is 19.9 Å². The molecule has 0 bridgehead atoms. The molecule has 0 aromatic carbocycles. The molecule has 3 heterocycles. The molecule has 0 saturated carbocycles. The third kappa shape index (κ3) is 5.20. The van der Waals surface area contributed by atoms with Crippen molar-refractivity contribution in [1.29, 1.82) is 0 Å². The topological polar surface area (TPSA) is 105 Å². The lowest BCUT2D eigenvalue weighted by molar-refractivity contribution is 0.0958. The van der Waals surface area contributed by atoms with Crippen LogP contribution in [0, 0.1) is 20.8 Å². The van der Waals surface area contributed by atoms with Crippen LogP contribution in [-0.2, 0) is 0 Å². The first-order valence-electron chi connectivity index (χ1n) is 8.49. The van der Waals surface area contributed by atoms with E-state index in [1.807, 2.05) is 39.0 Å². The van der Waals surface area contributed by atoms with Gasteiger partial charge in [0, 0.05) is 25.4 Å². The van der Waals surface area contributed by atoms with Gasteiger partial charge in [-0.2, -0.15) is 0 Å². The van der Waals surface area contributed by atoms with Crippen LogP contribution in [0.4, 0.5) is 17.5 Å². The van der Waals surface area contributed by atoms with Gasteiger partial charge in [-0.1, -0.05) is 0 Å². The Balaban J connectivity index is 1.55. The predicted molar refractivity (Wildman–Crippen MR) is 107 cm³/mol. The Kier molecular flexibility index (Phi) is 5.92. The zero-order chi connectivity index (χ0) is 19.2. The van der Waals surface area contributed by atoms with Crippen LogP contribution in [0.15, 0.2) is 29.9 Å². The third-order valence-electron chi connectivity index (χ3n) is 3.68. The van der Waals surface area contributed by atoms with E-state index >= 15 is 0 Å². The molecule has 0 spiro atoms. The van der Waals surface area contributed by atoms with Gasteiger partial charge in [-0.15, -0.1) is 11.3 Å². The monoisotopic (exact) mass is 383 g/mol. The quantitative estimate of drug-likeness (QED) is 0.539. The molecule has 0 fully saturated rings. The molecule has 1 amide bonds. The average molecular weight is 383 g/mol. The zero-order valence-corrected chi connectivity index (χ0v) is 16.2. The molecule has 9 heteroatoms. The minimum atomic E-state index is -0.108. The number of rotatable bonds is 7. The summed E-state index contributed by atoms with van der Waals surface area (Å²) in [4.78, 5) is 29.8. The van der Waals surface area contributed by atoms with Gasteiger partial charge in [0.05, 0.1) is 11.2 Å². The molecule has 0 atom stereocenters. The minimum absolute atomic E-state index is 0.108. The normalized spacial score (nSPS) is 10.5. The Labute approximate surface area is 161 Å². The molecular formula is C18H21N7OS. The molecule has 27 heavy (non-hydrogen) atoms. The highest BCUT2D eigenvalue weighted by atomic mass is 32.1. The van der Waals surface area contributed by atoms with Crippen LogP contribution >= 0.6 is 11.3 Å². The summed E-state index contributed by atoms with van der Waals surface area (Å²) >= 11 is 1.34. The van der Waals surface area contributed by atoms with Crippen molar-refractivity contribution in [3.05, 3.63) is 51.9 Å². The van der Waals surface area contributed by atoms with E-state index < -0.39 is 0 Å². The molecule has 3 rings (SSSR count). The smallest absolute Gasteiger partial charge is 0.263 e. The number of hydrogen-bond acceptors (Lipinski definition) is 8. The SMILES string of the molecule is Cc1ccnc(Nc2cc(NCCNC(=O)c3scnc3C)nc(C)n2)c1. The number of carbonyl (C=O) groups excluding carboxylic acids is 1. The maximum atomic E-state index is 12.1. The maximum absolute atomic E-state index is 12.1. The summed E-state index contributed by atoms with van der Waals surface area (Å²) in [5.74, 6) is 2.60. The van der Waals surface area contributed by atoms with E-state index in [-0.39, 0.29) is 5.91 Å². The number of pyridine rings is 1. The Morgan fingerprint density at radius 3 is 2.59 bits per heavy atom. The second kappa shape index (κ2) is 8.54. The highest BCUT2D eigenvalue weighted by Crippen LogP contribution is 2.16. The number of carbonyl (C=O) groups is 1.